The van der Waals surface area contributed by atoms with Crippen LogP contribution < -0.4 is 40.0 Å². The number of hydrogen-bond donors (Lipinski definition) is 3. The van der Waals surface area contributed by atoms with Crippen LogP contribution in [-0.2, 0) is 33.7 Å². The third-order valence-electron chi connectivity index (χ3n) is 16.3. The molecular formula is C66H79N11O10S2. The minimum atomic E-state index is -4.37. The normalized spacial score (nSPS) is 17.3. The van der Waals surface area contributed by atoms with E-state index in [9.17, 15) is 27.6 Å². The van der Waals surface area contributed by atoms with Crippen LogP contribution >= 0.6 is 11.3 Å². The van der Waals surface area contributed by atoms with Crippen LogP contribution in [0.4, 0.5) is 5.69 Å². The van der Waals surface area contributed by atoms with Crippen molar-refractivity contribution in [3.63, 3.8) is 0 Å². The lowest BCUT2D eigenvalue weighted by Gasteiger charge is -2.35. The topological polar surface area (TPSA) is 235 Å². The predicted molar refractivity (Wildman–Crippen MR) is 343 cm³/mol. The van der Waals surface area contributed by atoms with Crippen molar-refractivity contribution >= 4 is 55.8 Å². The highest BCUT2D eigenvalue weighted by molar-refractivity contribution is 7.92. The maximum Gasteiger partial charge on any atom is 0.328 e. The molecule has 3 N–H and O–H groups in total. The third-order valence-corrected chi connectivity index (χ3v) is 18.6. The number of nitrogens with zero attached hydrogens (tertiary/aromatic N) is 8. The standard InChI is InChI=1S/C66H79N11O10S2/c1-11-24-84-50-31-51(85-25-13-12-23-73(7)8)33-53(32-50)86-59-35-57-56(74(9)66(81)75(57)10)34-55(59)72-89(82,83)54-16-14-15-47(27-54)63(78)71-49-29-52(30-49)87-60-28-46(21-22-67-60)48-36-69-77(38-48)61(40(2)3)65(80)76-37-41(4)26-58(76)64(79)70-42(5)44-17-19-45(20-18-44)62-43(6)68-39-88-62/h14-22,27-28,31-36,38-42,49,52,58,61,72H,11-13,23-26,29-30,37H2,1-10H3,(H,70,79)(H,71,78)/t41-,42+,49?,52?,58+,61+/m1/s1. The summed E-state index contributed by atoms with van der Waals surface area (Å²) in [6.45, 7) is 14.3. The van der Waals surface area contributed by atoms with Crippen molar-refractivity contribution in [3.8, 4) is 50.4 Å². The first-order valence-corrected chi connectivity index (χ1v) is 32.6. The molecule has 4 aromatic heterocycles. The summed E-state index contributed by atoms with van der Waals surface area (Å²) in [5.41, 5.74) is 7.23. The quantitative estimate of drug-likeness (QED) is 0.0428. The first-order valence-electron chi connectivity index (χ1n) is 30.3. The highest BCUT2D eigenvalue weighted by atomic mass is 32.2. The number of anilines is 1. The van der Waals surface area contributed by atoms with E-state index in [2.05, 4.69) is 49.3 Å². The summed E-state index contributed by atoms with van der Waals surface area (Å²) in [5, 5.41) is 10.9. The van der Waals surface area contributed by atoms with E-state index in [1.54, 1.807) is 83.8 Å². The summed E-state index contributed by atoms with van der Waals surface area (Å²) >= 11 is 1.60. The van der Waals surface area contributed by atoms with Gasteiger partial charge in [0.25, 0.3) is 15.9 Å². The van der Waals surface area contributed by atoms with E-state index in [0.717, 1.165) is 58.6 Å². The molecule has 0 unspecified atom stereocenters. The molecule has 0 spiro atoms. The maximum absolute atomic E-state index is 14.6. The van der Waals surface area contributed by atoms with Gasteiger partial charge < -0.3 is 39.4 Å². The van der Waals surface area contributed by atoms with Gasteiger partial charge in [-0.15, -0.1) is 11.3 Å². The molecule has 5 heterocycles. The van der Waals surface area contributed by atoms with Crippen LogP contribution in [0.25, 0.3) is 32.6 Å². The number of thiazole rings is 1. The second-order valence-electron chi connectivity index (χ2n) is 23.9. The monoisotopic (exact) mass is 1250 g/mol. The Bertz CT molecular complexity index is 4020. The average molecular weight is 1250 g/mol. The molecule has 2 aliphatic rings. The third kappa shape index (κ3) is 14.8. The van der Waals surface area contributed by atoms with E-state index in [-0.39, 0.29) is 69.4 Å². The number of carbonyl (C=O) groups excluding carboxylic acids is 3. The highest BCUT2D eigenvalue weighted by Crippen LogP contribution is 2.39. The Morgan fingerprint density at radius 3 is 2.25 bits per heavy atom. The molecule has 0 bridgehead atoms. The predicted octanol–water partition coefficient (Wildman–Crippen LogP) is 10.3. The molecule has 4 atom stereocenters. The number of aryl methyl sites for hydroxylation is 3. The molecule has 0 radical (unpaired) electrons. The number of aromatic nitrogens is 6. The van der Waals surface area contributed by atoms with Crippen molar-refractivity contribution in [2.24, 2.45) is 25.9 Å². The Morgan fingerprint density at radius 2 is 1.55 bits per heavy atom. The summed E-state index contributed by atoms with van der Waals surface area (Å²) in [6, 6.07) is 24.1. The molecule has 21 nitrogen and oxygen atoms in total. The zero-order valence-corrected chi connectivity index (χ0v) is 53.7. The Kier molecular flexibility index (Phi) is 19.6. The number of imidazole rings is 1. The fourth-order valence-corrected chi connectivity index (χ4v) is 13.3. The Hall–Kier alpha value is -8.54. The van der Waals surface area contributed by atoms with Crippen LogP contribution in [0.15, 0.2) is 125 Å². The van der Waals surface area contributed by atoms with Crippen molar-refractivity contribution in [1.82, 2.24) is 49.3 Å². The van der Waals surface area contributed by atoms with Crippen LogP contribution in [0.5, 0.6) is 28.9 Å². The summed E-state index contributed by atoms with van der Waals surface area (Å²) in [6.07, 6.45) is 8.99. The fourth-order valence-electron chi connectivity index (χ4n) is 11.4. The summed E-state index contributed by atoms with van der Waals surface area (Å²) in [5.74, 6) is 1.02. The minimum absolute atomic E-state index is 0.0544. The number of amides is 3. The smallest absolute Gasteiger partial charge is 0.328 e. The molecule has 10 rings (SSSR count). The van der Waals surface area contributed by atoms with E-state index in [1.165, 1.54) is 27.3 Å². The highest BCUT2D eigenvalue weighted by Gasteiger charge is 2.42. The molecule has 4 aromatic carbocycles. The molecule has 89 heavy (non-hydrogen) atoms. The lowest BCUT2D eigenvalue weighted by Crippen LogP contribution is -2.49. The number of nitrogens with one attached hydrogen (secondary N) is 3. The van der Waals surface area contributed by atoms with Gasteiger partial charge in [-0.3, -0.25) is 32.9 Å². The number of benzene rings is 4. The number of carbonyl (C=O) groups is 3. The second kappa shape index (κ2) is 27.5. The number of pyridine rings is 1. The van der Waals surface area contributed by atoms with E-state index in [0.29, 0.717) is 73.2 Å². The minimum Gasteiger partial charge on any atom is -0.493 e. The summed E-state index contributed by atoms with van der Waals surface area (Å²) in [7, 11) is 2.91. The molecule has 1 aliphatic heterocycles. The van der Waals surface area contributed by atoms with Gasteiger partial charge in [0.15, 0.2) is 5.75 Å². The number of ether oxygens (including phenoxy) is 4. The molecule has 470 valence electrons. The van der Waals surface area contributed by atoms with Gasteiger partial charge in [0.1, 0.15) is 35.4 Å². The van der Waals surface area contributed by atoms with Gasteiger partial charge in [0, 0.05) is 93.4 Å². The molecule has 3 amide bonds. The number of rotatable bonds is 26. The van der Waals surface area contributed by atoms with Crippen LogP contribution in [0.3, 0.4) is 0 Å². The summed E-state index contributed by atoms with van der Waals surface area (Å²) in [4.78, 5) is 69.1. The molecule has 23 heteroatoms. The Balaban J connectivity index is 0.758. The van der Waals surface area contributed by atoms with Crippen LogP contribution in [0, 0.1) is 18.8 Å². The van der Waals surface area contributed by atoms with Crippen molar-refractivity contribution in [2.75, 3.05) is 45.1 Å². The molecule has 2 fully saturated rings. The number of unbranched alkanes of at least 4 members (excludes halogenated alkanes) is 1. The fraction of sp³-hybridized carbons (Fsp3) is 0.409. The Labute approximate surface area is 523 Å². The van der Waals surface area contributed by atoms with Gasteiger partial charge in [0.05, 0.1) is 63.2 Å². The van der Waals surface area contributed by atoms with Crippen molar-refractivity contribution < 1.29 is 41.7 Å². The van der Waals surface area contributed by atoms with E-state index in [1.807, 2.05) is 84.7 Å². The first kappa shape index (κ1) is 63.5. The van der Waals surface area contributed by atoms with Crippen LogP contribution in [0.2, 0.25) is 0 Å². The van der Waals surface area contributed by atoms with Gasteiger partial charge in [-0.2, -0.15) is 5.10 Å². The van der Waals surface area contributed by atoms with Gasteiger partial charge in [-0.05, 0) is 119 Å². The number of sulfonamides is 1. The zero-order chi connectivity index (χ0) is 63.3. The average Bonchev–Trinajstić information content (AvgIpc) is 1.79. The first-order chi connectivity index (χ1) is 42.6. The van der Waals surface area contributed by atoms with Crippen molar-refractivity contribution in [3.05, 3.63) is 142 Å². The van der Waals surface area contributed by atoms with Crippen LogP contribution in [0.1, 0.15) is 107 Å². The molecule has 1 saturated heterocycles. The Morgan fingerprint density at radius 1 is 0.831 bits per heavy atom. The number of likely N-dealkylation sites (tertiary alicyclic amines) is 1. The second-order valence-corrected chi connectivity index (χ2v) is 26.5. The SMILES string of the molecule is CCCOc1cc(OCCCCN(C)C)cc(Oc2cc3c(cc2NS(=O)(=O)c2cccc(C(=O)NC4CC(Oc5cc(-c6cnn([C@H](C(=O)N7C[C@H](C)C[C@H]7C(=O)N[C@@H](C)c7ccc(-c8scnc8C)cc7)C(C)C)c6)ccn5)C4)c2)n(C)c(=O)n3C)c1. The van der Waals surface area contributed by atoms with Crippen LogP contribution in [-0.4, -0.2) is 123 Å². The largest absolute Gasteiger partial charge is 0.493 e. The van der Waals surface area contributed by atoms with Crippen molar-refractivity contribution in [2.45, 2.75) is 115 Å². The lowest BCUT2D eigenvalue weighted by atomic mass is 9.89. The summed E-state index contributed by atoms with van der Waals surface area (Å²) < 4.78 is 60.8. The van der Waals surface area contributed by atoms with E-state index >= 15 is 0 Å². The van der Waals surface area contributed by atoms with Gasteiger partial charge >= 0.3 is 5.69 Å². The van der Waals surface area contributed by atoms with E-state index in [4.69, 9.17) is 24.0 Å². The number of fused-ring (bicyclic) bond motifs is 1. The molecule has 8 aromatic rings. The molecular weight excluding hydrogens is 1170 g/mol. The number of hydrogen-bond acceptors (Lipinski definition) is 15. The molecule has 1 saturated carbocycles. The van der Waals surface area contributed by atoms with E-state index < -0.39 is 28.0 Å². The van der Waals surface area contributed by atoms with Crippen molar-refractivity contribution in [1.29, 1.82) is 0 Å². The zero-order valence-electron chi connectivity index (χ0n) is 52.1. The molecule has 1 aliphatic carbocycles. The van der Waals surface area contributed by atoms with Gasteiger partial charge in [-0.1, -0.05) is 58.0 Å². The lowest BCUT2D eigenvalue weighted by molar-refractivity contribution is -0.142. The maximum atomic E-state index is 14.6. The van der Waals surface area contributed by atoms with Gasteiger partial charge in [0.2, 0.25) is 17.7 Å². The van der Waals surface area contributed by atoms with Gasteiger partial charge in [-0.25, -0.2) is 23.2 Å².